The lowest BCUT2D eigenvalue weighted by molar-refractivity contribution is -0.117. The minimum Gasteiger partial charge on any atom is -0.460 e. The summed E-state index contributed by atoms with van der Waals surface area (Å²) < 4.78 is 32.0. The molecule has 0 N–H and O–H groups in total. The van der Waals surface area contributed by atoms with Gasteiger partial charge in [0, 0.05) is 29.6 Å². The maximum absolute atomic E-state index is 11.8. The number of esters is 1. The number of oxazole rings is 1. The molecule has 1 fully saturated rings. The van der Waals surface area contributed by atoms with Gasteiger partial charge >= 0.3 is 12.0 Å². The van der Waals surface area contributed by atoms with Gasteiger partial charge in [0.2, 0.25) is 20.7 Å². The Balaban J connectivity index is 2.09. The van der Waals surface area contributed by atoms with E-state index in [1.54, 1.807) is 6.92 Å². The summed E-state index contributed by atoms with van der Waals surface area (Å²) in [5, 5.41) is 0. The molecule has 21 heavy (non-hydrogen) atoms. The molecule has 116 valence electrons. The molecular formula is C11H13ClN2O6S. The summed E-state index contributed by atoms with van der Waals surface area (Å²) in [4.78, 5) is 28.3. The van der Waals surface area contributed by atoms with Crippen LogP contribution in [0.3, 0.4) is 0 Å². The number of rotatable bonds is 5. The van der Waals surface area contributed by atoms with Crippen LogP contribution in [-0.2, 0) is 18.6 Å². The van der Waals surface area contributed by atoms with Crippen LogP contribution in [0.2, 0.25) is 0 Å². The van der Waals surface area contributed by atoms with E-state index in [0.29, 0.717) is 0 Å². The third-order valence-electron chi connectivity index (χ3n) is 2.84. The largest absolute Gasteiger partial charge is 0.460 e. The molecule has 8 nitrogen and oxygen atoms in total. The molecule has 1 saturated heterocycles. The molecule has 1 unspecified atom stereocenters. The minimum atomic E-state index is -3.68. The van der Waals surface area contributed by atoms with Crippen LogP contribution >= 0.6 is 10.7 Å². The van der Waals surface area contributed by atoms with Crippen LogP contribution in [0.5, 0.6) is 0 Å². The van der Waals surface area contributed by atoms with Crippen LogP contribution in [0.4, 0.5) is 6.01 Å². The third-order valence-corrected chi connectivity index (χ3v) is 4.09. The maximum Gasteiger partial charge on any atom is 0.376 e. The average molecular weight is 337 g/mol. The van der Waals surface area contributed by atoms with Gasteiger partial charge < -0.3 is 9.15 Å². The predicted molar refractivity (Wildman–Crippen MR) is 72.6 cm³/mol. The summed E-state index contributed by atoms with van der Waals surface area (Å²) in [5.74, 6) is -1.87. The lowest BCUT2D eigenvalue weighted by Gasteiger charge is -2.10. The minimum absolute atomic E-state index is 0.0308. The van der Waals surface area contributed by atoms with Gasteiger partial charge in [0.1, 0.15) is 0 Å². The lowest BCUT2D eigenvalue weighted by atomic mass is 10.1. The number of hydrogen-bond acceptors (Lipinski definition) is 7. The van der Waals surface area contributed by atoms with Gasteiger partial charge in [-0.1, -0.05) is 0 Å². The number of ether oxygens (including phenoxy) is 1. The van der Waals surface area contributed by atoms with E-state index in [1.807, 2.05) is 0 Å². The van der Waals surface area contributed by atoms with Gasteiger partial charge in [-0.3, -0.25) is 9.69 Å². The van der Waals surface area contributed by atoms with Crippen molar-refractivity contribution in [1.29, 1.82) is 0 Å². The number of anilines is 1. The molecule has 0 radical (unpaired) electrons. The van der Waals surface area contributed by atoms with Crippen molar-refractivity contribution in [2.75, 3.05) is 23.8 Å². The molecule has 10 heteroatoms. The molecule has 1 aliphatic heterocycles. The second-order valence-corrected chi connectivity index (χ2v) is 7.33. The van der Waals surface area contributed by atoms with Crippen molar-refractivity contribution in [3.05, 3.63) is 12.0 Å². The van der Waals surface area contributed by atoms with Crippen molar-refractivity contribution in [3.63, 3.8) is 0 Å². The zero-order chi connectivity index (χ0) is 15.6. The maximum atomic E-state index is 11.8. The normalized spacial score (nSPS) is 19.0. The monoisotopic (exact) mass is 336 g/mol. The number of halogens is 1. The van der Waals surface area contributed by atoms with Crippen LogP contribution in [0.1, 0.15) is 23.9 Å². The van der Waals surface area contributed by atoms with Crippen molar-refractivity contribution in [2.45, 2.75) is 13.3 Å². The summed E-state index contributed by atoms with van der Waals surface area (Å²) in [6, 6.07) is -0.0578. The Kier molecular flexibility index (Phi) is 4.52. The first kappa shape index (κ1) is 15.8. The molecule has 0 saturated carbocycles. The number of nitrogens with zero attached hydrogens (tertiary/aromatic N) is 2. The van der Waals surface area contributed by atoms with Gasteiger partial charge in [0.15, 0.2) is 0 Å². The molecule has 1 aromatic heterocycles. The molecule has 1 aromatic rings. The molecule has 2 heterocycles. The van der Waals surface area contributed by atoms with Gasteiger partial charge in [-0.05, 0) is 6.92 Å². The Morgan fingerprint density at radius 1 is 1.62 bits per heavy atom. The Labute approximate surface area is 125 Å². The summed E-state index contributed by atoms with van der Waals surface area (Å²) in [6.07, 6.45) is 1.19. The van der Waals surface area contributed by atoms with Crippen molar-refractivity contribution >= 4 is 37.6 Å². The molecule has 1 atom stereocenters. The van der Waals surface area contributed by atoms with Crippen LogP contribution in [0.15, 0.2) is 10.6 Å². The second-order valence-electron chi connectivity index (χ2n) is 4.51. The highest BCUT2D eigenvalue weighted by atomic mass is 35.7. The van der Waals surface area contributed by atoms with E-state index >= 15 is 0 Å². The lowest BCUT2D eigenvalue weighted by Crippen LogP contribution is -2.25. The molecular weight excluding hydrogens is 324 g/mol. The highest BCUT2D eigenvalue weighted by molar-refractivity contribution is 8.13. The molecule has 0 aliphatic carbocycles. The van der Waals surface area contributed by atoms with E-state index in [1.165, 1.54) is 4.90 Å². The van der Waals surface area contributed by atoms with E-state index in [-0.39, 0.29) is 43.0 Å². The number of hydrogen-bond donors (Lipinski definition) is 0. The first-order valence-electron chi connectivity index (χ1n) is 6.15. The average Bonchev–Trinajstić information content (AvgIpc) is 2.94. The van der Waals surface area contributed by atoms with Crippen LogP contribution in [0.25, 0.3) is 0 Å². The van der Waals surface area contributed by atoms with Crippen molar-refractivity contribution < 1.29 is 27.2 Å². The first-order valence-corrected chi connectivity index (χ1v) is 8.63. The Bertz CT molecular complexity index is 655. The van der Waals surface area contributed by atoms with Crippen molar-refractivity contribution in [2.24, 2.45) is 5.92 Å². The zero-order valence-electron chi connectivity index (χ0n) is 11.1. The number of carbonyl (C=O) groups is 2. The SMILES string of the molecule is CCOC(=O)c1cnc(N2CC(CS(=O)(=O)Cl)CC2=O)o1. The number of aromatic nitrogens is 1. The Morgan fingerprint density at radius 2 is 2.33 bits per heavy atom. The summed E-state index contributed by atoms with van der Waals surface area (Å²) >= 11 is 0. The Hall–Kier alpha value is -1.61. The molecule has 0 bridgehead atoms. The van der Waals surface area contributed by atoms with Crippen LogP contribution in [-0.4, -0.2) is 44.2 Å². The van der Waals surface area contributed by atoms with E-state index in [9.17, 15) is 18.0 Å². The summed E-state index contributed by atoms with van der Waals surface area (Å²) in [5.41, 5.74) is 0. The van der Waals surface area contributed by atoms with E-state index in [2.05, 4.69) is 4.98 Å². The third kappa shape index (κ3) is 3.94. The van der Waals surface area contributed by atoms with Crippen LogP contribution < -0.4 is 4.90 Å². The molecule has 1 amide bonds. The Morgan fingerprint density at radius 3 is 2.95 bits per heavy atom. The van der Waals surface area contributed by atoms with Gasteiger partial charge in [0.05, 0.1) is 18.6 Å². The standard InChI is InChI=1S/C11H13ClN2O6S/c1-2-19-10(16)8-4-13-11(20-8)14-5-7(3-9(14)15)6-21(12,17)18/h4,7H,2-3,5-6H2,1H3. The smallest absolute Gasteiger partial charge is 0.376 e. The zero-order valence-corrected chi connectivity index (χ0v) is 12.7. The van der Waals surface area contributed by atoms with Crippen LogP contribution in [0, 0.1) is 5.92 Å². The van der Waals surface area contributed by atoms with Crippen molar-refractivity contribution in [3.8, 4) is 0 Å². The van der Waals surface area contributed by atoms with Gasteiger partial charge in [-0.25, -0.2) is 18.2 Å². The predicted octanol–water partition coefficient (Wildman–Crippen LogP) is 0.773. The highest BCUT2D eigenvalue weighted by Gasteiger charge is 2.35. The fourth-order valence-corrected chi connectivity index (χ4v) is 3.37. The van der Waals surface area contributed by atoms with Crippen molar-refractivity contribution in [1.82, 2.24) is 4.98 Å². The van der Waals surface area contributed by atoms with E-state index in [4.69, 9.17) is 19.8 Å². The fourth-order valence-electron chi connectivity index (χ4n) is 2.05. The van der Waals surface area contributed by atoms with Gasteiger partial charge in [0.25, 0.3) is 0 Å². The van der Waals surface area contributed by atoms with Gasteiger partial charge in [-0.15, -0.1) is 0 Å². The molecule has 0 aromatic carbocycles. The number of carbonyl (C=O) groups excluding carboxylic acids is 2. The second kappa shape index (κ2) is 6.02. The highest BCUT2D eigenvalue weighted by Crippen LogP contribution is 2.26. The summed E-state index contributed by atoms with van der Waals surface area (Å²) in [6.45, 7) is 1.96. The topological polar surface area (TPSA) is 107 Å². The molecule has 0 spiro atoms. The van der Waals surface area contributed by atoms with E-state index < -0.39 is 20.9 Å². The van der Waals surface area contributed by atoms with E-state index in [0.717, 1.165) is 6.20 Å². The quantitative estimate of drug-likeness (QED) is 0.577. The first-order chi connectivity index (χ1) is 9.80. The molecule has 1 aliphatic rings. The molecule has 2 rings (SSSR count). The van der Waals surface area contributed by atoms with Gasteiger partial charge in [-0.2, -0.15) is 0 Å². The fraction of sp³-hybridized carbons (Fsp3) is 0.545. The number of amides is 1. The summed E-state index contributed by atoms with van der Waals surface area (Å²) in [7, 11) is 1.49.